The lowest BCUT2D eigenvalue weighted by Crippen LogP contribution is -1.95. The Labute approximate surface area is 130 Å². The van der Waals surface area contributed by atoms with Crippen molar-refractivity contribution in [3.8, 4) is 11.4 Å². The Bertz CT molecular complexity index is 770. The van der Waals surface area contributed by atoms with Crippen molar-refractivity contribution in [3.63, 3.8) is 0 Å². The van der Waals surface area contributed by atoms with Crippen molar-refractivity contribution in [2.45, 2.75) is 17.8 Å². The fraction of sp³-hybridized carbons (Fsp3) is 0.231. The van der Waals surface area contributed by atoms with Gasteiger partial charge in [0.1, 0.15) is 0 Å². The van der Waals surface area contributed by atoms with Crippen LogP contribution in [0.3, 0.4) is 0 Å². The number of hydrogen-bond acceptors (Lipinski definition) is 6. The van der Waals surface area contributed by atoms with E-state index in [-0.39, 0.29) is 0 Å². The first-order chi connectivity index (χ1) is 10.1. The van der Waals surface area contributed by atoms with Crippen LogP contribution in [0.1, 0.15) is 11.7 Å². The van der Waals surface area contributed by atoms with Gasteiger partial charge in [-0.25, -0.2) is 0 Å². The maximum absolute atomic E-state index is 6.19. The van der Waals surface area contributed by atoms with Crippen molar-refractivity contribution in [1.29, 1.82) is 0 Å². The van der Waals surface area contributed by atoms with E-state index in [1.165, 1.54) is 11.8 Å². The SMILES string of the molecule is Cc1noc(CSc2nnc(-c3ccccc3Cl)n2C)n1. The van der Waals surface area contributed by atoms with Gasteiger partial charge in [0, 0.05) is 12.6 Å². The van der Waals surface area contributed by atoms with E-state index in [9.17, 15) is 0 Å². The second-order valence-electron chi connectivity index (χ2n) is 4.37. The fourth-order valence-corrected chi connectivity index (χ4v) is 2.81. The van der Waals surface area contributed by atoms with Gasteiger partial charge in [0.05, 0.1) is 10.8 Å². The topological polar surface area (TPSA) is 69.6 Å². The highest BCUT2D eigenvalue weighted by Gasteiger charge is 2.14. The predicted molar refractivity (Wildman–Crippen MR) is 80.0 cm³/mol. The molecule has 0 saturated carbocycles. The highest BCUT2D eigenvalue weighted by Crippen LogP contribution is 2.29. The Kier molecular flexibility index (Phi) is 3.94. The zero-order valence-electron chi connectivity index (χ0n) is 11.4. The number of aryl methyl sites for hydroxylation is 1. The van der Waals surface area contributed by atoms with Crippen molar-refractivity contribution >= 4 is 23.4 Å². The summed E-state index contributed by atoms with van der Waals surface area (Å²) in [5.74, 6) is 2.47. The van der Waals surface area contributed by atoms with E-state index in [0.717, 1.165) is 16.5 Å². The molecule has 0 atom stereocenters. The molecule has 0 unspecified atom stereocenters. The third kappa shape index (κ3) is 2.93. The van der Waals surface area contributed by atoms with Crippen LogP contribution in [0.25, 0.3) is 11.4 Å². The molecule has 0 spiro atoms. The van der Waals surface area contributed by atoms with Crippen molar-refractivity contribution < 1.29 is 4.52 Å². The predicted octanol–water partition coefficient (Wildman–Crippen LogP) is 3.12. The summed E-state index contributed by atoms with van der Waals surface area (Å²) >= 11 is 7.68. The molecule has 108 valence electrons. The van der Waals surface area contributed by atoms with Crippen molar-refractivity contribution in [3.05, 3.63) is 41.0 Å². The van der Waals surface area contributed by atoms with Gasteiger partial charge < -0.3 is 9.09 Å². The van der Waals surface area contributed by atoms with Gasteiger partial charge in [-0.15, -0.1) is 10.2 Å². The van der Waals surface area contributed by atoms with E-state index < -0.39 is 0 Å². The molecule has 6 nitrogen and oxygen atoms in total. The Morgan fingerprint density at radius 2 is 2.10 bits per heavy atom. The van der Waals surface area contributed by atoms with Crippen LogP contribution < -0.4 is 0 Å². The van der Waals surface area contributed by atoms with Crippen LogP contribution in [-0.4, -0.2) is 24.9 Å². The Morgan fingerprint density at radius 1 is 1.29 bits per heavy atom. The van der Waals surface area contributed by atoms with E-state index in [4.69, 9.17) is 16.1 Å². The number of aromatic nitrogens is 5. The number of thioether (sulfide) groups is 1. The molecule has 21 heavy (non-hydrogen) atoms. The third-order valence-corrected chi connectivity index (χ3v) is 4.18. The molecule has 0 fully saturated rings. The summed E-state index contributed by atoms with van der Waals surface area (Å²) in [5.41, 5.74) is 0.856. The summed E-state index contributed by atoms with van der Waals surface area (Å²) in [6.45, 7) is 1.79. The molecule has 8 heteroatoms. The van der Waals surface area contributed by atoms with E-state index in [1.807, 2.05) is 35.9 Å². The average Bonchev–Trinajstić information content (AvgIpc) is 3.04. The standard InChI is InChI=1S/C13H12ClN5OS/c1-8-15-11(20-18-8)7-21-13-17-16-12(19(13)2)9-5-3-4-6-10(9)14/h3-6H,7H2,1-2H3. The van der Waals surface area contributed by atoms with E-state index in [2.05, 4.69) is 20.3 Å². The Hall–Kier alpha value is -1.86. The van der Waals surface area contributed by atoms with Crippen molar-refractivity contribution in [2.24, 2.45) is 7.05 Å². The van der Waals surface area contributed by atoms with Crippen LogP contribution >= 0.6 is 23.4 Å². The third-order valence-electron chi connectivity index (χ3n) is 2.84. The number of rotatable bonds is 4. The molecule has 0 aliphatic carbocycles. The minimum atomic E-state index is 0.551. The molecule has 0 bridgehead atoms. The largest absolute Gasteiger partial charge is 0.338 e. The summed E-state index contributed by atoms with van der Waals surface area (Å²) in [6.07, 6.45) is 0. The van der Waals surface area contributed by atoms with Gasteiger partial charge in [-0.1, -0.05) is 40.7 Å². The van der Waals surface area contributed by atoms with Crippen LogP contribution in [0.5, 0.6) is 0 Å². The van der Waals surface area contributed by atoms with E-state index >= 15 is 0 Å². The smallest absolute Gasteiger partial charge is 0.237 e. The lowest BCUT2D eigenvalue weighted by molar-refractivity contribution is 0.387. The van der Waals surface area contributed by atoms with Gasteiger partial charge in [0.2, 0.25) is 5.89 Å². The Morgan fingerprint density at radius 3 is 2.81 bits per heavy atom. The summed E-state index contributed by atoms with van der Waals surface area (Å²) in [5, 5.41) is 13.6. The first kappa shape index (κ1) is 14.1. The monoisotopic (exact) mass is 321 g/mol. The maximum atomic E-state index is 6.19. The molecule has 3 rings (SSSR count). The second-order valence-corrected chi connectivity index (χ2v) is 5.72. The zero-order chi connectivity index (χ0) is 14.8. The summed E-state index contributed by atoms with van der Waals surface area (Å²) in [7, 11) is 1.90. The molecule has 0 radical (unpaired) electrons. The summed E-state index contributed by atoms with van der Waals surface area (Å²) < 4.78 is 6.97. The fourth-order valence-electron chi connectivity index (χ4n) is 1.84. The molecule has 0 N–H and O–H groups in total. The molecule has 0 saturated heterocycles. The maximum Gasteiger partial charge on any atom is 0.237 e. The highest BCUT2D eigenvalue weighted by molar-refractivity contribution is 7.98. The van der Waals surface area contributed by atoms with Gasteiger partial charge >= 0.3 is 0 Å². The number of halogens is 1. The van der Waals surface area contributed by atoms with E-state index in [1.54, 1.807) is 6.92 Å². The number of benzene rings is 1. The van der Waals surface area contributed by atoms with Gasteiger partial charge in [0.15, 0.2) is 16.8 Å². The minimum Gasteiger partial charge on any atom is -0.338 e. The number of hydrogen-bond donors (Lipinski definition) is 0. The average molecular weight is 322 g/mol. The molecule has 2 aromatic heterocycles. The normalized spacial score (nSPS) is 11.0. The van der Waals surface area contributed by atoms with Crippen LogP contribution in [0.2, 0.25) is 5.02 Å². The van der Waals surface area contributed by atoms with Gasteiger partial charge in [-0.3, -0.25) is 0 Å². The van der Waals surface area contributed by atoms with E-state index in [0.29, 0.717) is 22.5 Å². The summed E-state index contributed by atoms with van der Waals surface area (Å²) in [6, 6.07) is 7.56. The van der Waals surface area contributed by atoms with Crippen LogP contribution in [0.4, 0.5) is 0 Å². The quantitative estimate of drug-likeness (QED) is 0.688. The van der Waals surface area contributed by atoms with Crippen molar-refractivity contribution in [1.82, 2.24) is 24.9 Å². The van der Waals surface area contributed by atoms with Crippen molar-refractivity contribution in [2.75, 3.05) is 0 Å². The van der Waals surface area contributed by atoms with Gasteiger partial charge in [-0.2, -0.15) is 4.98 Å². The highest BCUT2D eigenvalue weighted by atomic mass is 35.5. The van der Waals surface area contributed by atoms with Gasteiger partial charge in [-0.05, 0) is 19.1 Å². The second kappa shape index (κ2) is 5.87. The minimum absolute atomic E-state index is 0.551. The van der Waals surface area contributed by atoms with Crippen LogP contribution in [-0.2, 0) is 12.8 Å². The molecular formula is C13H12ClN5OS. The summed E-state index contributed by atoms with van der Waals surface area (Å²) in [4.78, 5) is 4.16. The molecule has 1 aromatic carbocycles. The number of nitrogens with zero attached hydrogens (tertiary/aromatic N) is 5. The molecule has 0 amide bonds. The molecule has 0 aliphatic rings. The Balaban J connectivity index is 1.81. The van der Waals surface area contributed by atoms with Crippen LogP contribution in [0, 0.1) is 6.92 Å². The molecule has 0 aliphatic heterocycles. The molecule has 3 aromatic rings. The first-order valence-corrected chi connectivity index (χ1v) is 7.58. The van der Waals surface area contributed by atoms with Gasteiger partial charge in [0.25, 0.3) is 0 Å². The lowest BCUT2D eigenvalue weighted by Gasteiger charge is -2.04. The lowest BCUT2D eigenvalue weighted by atomic mass is 10.2. The molecule has 2 heterocycles. The first-order valence-electron chi connectivity index (χ1n) is 6.21. The molecular weight excluding hydrogens is 310 g/mol. The van der Waals surface area contributed by atoms with Crippen LogP contribution in [0.15, 0.2) is 33.9 Å². The zero-order valence-corrected chi connectivity index (χ0v) is 13.0.